The van der Waals surface area contributed by atoms with Crippen LogP contribution in [0.2, 0.25) is 0 Å². The Morgan fingerprint density at radius 2 is 1.65 bits per heavy atom. The number of anilines is 1. The third-order valence-electron chi connectivity index (χ3n) is 4.18. The third-order valence-corrected chi connectivity index (χ3v) is 4.18. The predicted molar refractivity (Wildman–Crippen MR) is 104 cm³/mol. The Kier molecular flexibility index (Phi) is 6.78. The van der Waals surface area contributed by atoms with E-state index < -0.39 is 0 Å². The smallest absolute Gasteiger partial charge is 0.262 e. The summed E-state index contributed by atoms with van der Waals surface area (Å²) in [4.78, 5) is 26.1. The lowest BCUT2D eigenvalue weighted by Crippen LogP contribution is -2.30. The lowest BCUT2D eigenvalue weighted by atomic mass is 10.1. The molecule has 0 unspecified atom stereocenters. The van der Waals surface area contributed by atoms with E-state index in [2.05, 4.69) is 5.32 Å². The summed E-state index contributed by atoms with van der Waals surface area (Å²) in [5, 5.41) is 2.84. The molecule has 0 aromatic heterocycles. The van der Waals surface area contributed by atoms with E-state index in [0.29, 0.717) is 24.4 Å². The molecule has 1 N–H and O–H groups in total. The zero-order chi connectivity index (χ0) is 19.1. The van der Waals surface area contributed by atoms with Crippen LogP contribution >= 0.6 is 0 Å². The molecule has 0 bridgehead atoms. The molecule has 5 heteroatoms. The number of rotatable bonds is 7. The summed E-state index contributed by atoms with van der Waals surface area (Å²) in [6, 6.07) is 12.7. The minimum Gasteiger partial charge on any atom is -0.484 e. The Morgan fingerprint density at radius 3 is 2.23 bits per heavy atom. The molecule has 0 heterocycles. The topological polar surface area (TPSA) is 58.6 Å². The van der Waals surface area contributed by atoms with Crippen LogP contribution < -0.4 is 10.1 Å². The van der Waals surface area contributed by atoms with E-state index in [1.54, 1.807) is 29.2 Å². The van der Waals surface area contributed by atoms with Gasteiger partial charge in [0.15, 0.2) is 6.61 Å². The minimum absolute atomic E-state index is 0.00543. The van der Waals surface area contributed by atoms with Crippen molar-refractivity contribution in [1.29, 1.82) is 0 Å². The summed E-state index contributed by atoms with van der Waals surface area (Å²) in [5.41, 5.74) is 3.55. The summed E-state index contributed by atoms with van der Waals surface area (Å²) >= 11 is 0. The van der Waals surface area contributed by atoms with Crippen LogP contribution in [0.3, 0.4) is 0 Å². The SMILES string of the molecule is CCN(CC)C(=O)c1ccc(OCC(=O)Nc2ccc(C)cc2C)cc1. The van der Waals surface area contributed by atoms with Crippen molar-refractivity contribution in [3.8, 4) is 5.75 Å². The van der Waals surface area contributed by atoms with E-state index in [1.165, 1.54) is 0 Å². The number of hydrogen-bond donors (Lipinski definition) is 1. The number of aryl methyl sites for hydroxylation is 2. The molecule has 0 saturated heterocycles. The summed E-state index contributed by atoms with van der Waals surface area (Å²) in [6.07, 6.45) is 0. The molecule has 0 spiro atoms. The van der Waals surface area contributed by atoms with Crippen LogP contribution in [0.15, 0.2) is 42.5 Å². The number of carbonyl (C=O) groups excluding carboxylic acids is 2. The van der Waals surface area contributed by atoms with Crippen molar-refractivity contribution in [2.45, 2.75) is 27.7 Å². The Labute approximate surface area is 155 Å². The van der Waals surface area contributed by atoms with Crippen LogP contribution in [-0.4, -0.2) is 36.4 Å². The predicted octanol–water partition coefficient (Wildman–Crippen LogP) is 3.80. The van der Waals surface area contributed by atoms with Gasteiger partial charge in [-0.05, 0) is 63.6 Å². The van der Waals surface area contributed by atoms with Gasteiger partial charge < -0.3 is 15.0 Å². The highest BCUT2D eigenvalue weighted by Gasteiger charge is 2.12. The summed E-state index contributed by atoms with van der Waals surface area (Å²) in [7, 11) is 0. The molecule has 0 radical (unpaired) electrons. The van der Waals surface area contributed by atoms with Crippen LogP contribution in [0.4, 0.5) is 5.69 Å². The highest BCUT2D eigenvalue weighted by Crippen LogP contribution is 2.17. The number of hydrogen-bond acceptors (Lipinski definition) is 3. The molecule has 5 nitrogen and oxygen atoms in total. The first-order chi connectivity index (χ1) is 12.4. The van der Waals surface area contributed by atoms with Gasteiger partial charge in [-0.3, -0.25) is 9.59 Å². The van der Waals surface area contributed by atoms with Crippen molar-refractivity contribution in [1.82, 2.24) is 4.90 Å². The lowest BCUT2D eigenvalue weighted by molar-refractivity contribution is -0.118. The zero-order valence-electron chi connectivity index (χ0n) is 15.8. The van der Waals surface area contributed by atoms with Gasteiger partial charge in [0.1, 0.15) is 5.75 Å². The number of nitrogens with zero attached hydrogens (tertiary/aromatic N) is 1. The molecular formula is C21H26N2O3. The first-order valence-corrected chi connectivity index (χ1v) is 8.83. The van der Waals surface area contributed by atoms with Crippen LogP contribution in [0.5, 0.6) is 5.75 Å². The second-order valence-corrected chi connectivity index (χ2v) is 6.16. The molecule has 0 aliphatic carbocycles. The molecule has 2 aromatic carbocycles. The Hall–Kier alpha value is -2.82. The van der Waals surface area contributed by atoms with Gasteiger partial charge in [0.2, 0.25) is 0 Å². The minimum atomic E-state index is -0.222. The van der Waals surface area contributed by atoms with Crippen molar-refractivity contribution in [3.63, 3.8) is 0 Å². The molecule has 0 fully saturated rings. The normalized spacial score (nSPS) is 10.3. The quantitative estimate of drug-likeness (QED) is 0.823. The highest BCUT2D eigenvalue weighted by molar-refractivity contribution is 5.94. The summed E-state index contributed by atoms with van der Waals surface area (Å²) in [5.74, 6) is 0.325. The van der Waals surface area contributed by atoms with Gasteiger partial charge in [-0.15, -0.1) is 0 Å². The van der Waals surface area contributed by atoms with Gasteiger partial charge >= 0.3 is 0 Å². The standard InChI is InChI=1S/C21H26N2O3/c1-5-23(6-2)21(25)17-8-10-18(11-9-17)26-14-20(24)22-19-12-7-15(3)13-16(19)4/h7-13H,5-6,14H2,1-4H3,(H,22,24). The van der Waals surface area contributed by atoms with E-state index >= 15 is 0 Å². The summed E-state index contributed by atoms with van der Waals surface area (Å²) < 4.78 is 5.51. The van der Waals surface area contributed by atoms with Gasteiger partial charge in [0.05, 0.1) is 0 Å². The maximum atomic E-state index is 12.3. The van der Waals surface area contributed by atoms with Gasteiger partial charge in [-0.2, -0.15) is 0 Å². The lowest BCUT2D eigenvalue weighted by Gasteiger charge is -2.18. The van der Waals surface area contributed by atoms with Crippen molar-refractivity contribution in [2.24, 2.45) is 0 Å². The van der Waals surface area contributed by atoms with Crippen molar-refractivity contribution < 1.29 is 14.3 Å². The molecular weight excluding hydrogens is 328 g/mol. The number of nitrogens with one attached hydrogen (secondary N) is 1. The molecule has 2 rings (SSSR count). The van der Waals surface area contributed by atoms with E-state index in [4.69, 9.17) is 4.74 Å². The Morgan fingerprint density at radius 1 is 1.00 bits per heavy atom. The maximum absolute atomic E-state index is 12.3. The molecule has 0 atom stereocenters. The van der Waals surface area contributed by atoms with Crippen LogP contribution in [0.25, 0.3) is 0 Å². The van der Waals surface area contributed by atoms with E-state index in [9.17, 15) is 9.59 Å². The highest BCUT2D eigenvalue weighted by atomic mass is 16.5. The fourth-order valence-electron chi connectivity index (χ4n) is 2.68. The van der Waals surface area contributed by atoms with Gasteiger partial charge in [-0.1, -0.05) is 17.7 Å². The number of benzene rings is 2. The fourth-order valence-corrected chi connectivity index (χ4v) is 2.68. The molecule has 0 aliphatic rings. The molecule has 138 valence electrons. The molecule has 2 aromatic rings. The zero-order valence-corrected chi connectivity index (χ0v) is 15.8. The molecule has 26 heavy (non-hydrogen) atoms. The average molecular weight is 354 g/mol. The van der Waals surface area contributed by atoms with Crippen molar-refractivity contribution in [2.75, 3.05) is 25.0 Å². The van der Waals surface area contributed by atoms with Gasteiger partial charge in [0.25, 0.3) is 11.8 Å². The van der Waals surface area contributed by atoms with Crippen LogP contribution in [0, 0.1) is 13.8 Å². The fraction of sp³-hybridized carbons (Fsp3) is 0.333. The van der Waals surface area contributed by atoms with Gasteiger partial charge in [-0.25, -0.2) is 0 Å². The van der Waals surface area contributed by atoms with Gasteiger partial charge in [0, 0.05) is 24.3 Å². The van der Waals surface area contributed by atoms with E-state index in [1.807, 2.05) is 45.9 Å². The number of carbonyl (C=O) groups is 2. The maximum Gasteiger partial charge on any atom is 0.262 e. The number of ether oxygens (including phenoxy) is 1. The average Bonchev–Trinajstić information content (AvgIpc) is 2.63. The summed E-state index contributed by atoms with van der Waals surface area (Å²) in [6.45, 7) is 9.13. The van der Waals surface area contributed by atoms with Crippen molar-refractivity contribution >= 4 is 17.5 Å². The Balaban J connectivity index is 1.91. The molecule has 2 amide bonds. The molecule has 0 saturated carbocycles. The first-order valence-electron chi connectivity index (χ1n) is 8.83. The van der Waals surface area contributed by atoms with Crippen molar-refractivity contribution in [3.05, 3.63) is 59.2 Å². The van der Waals surface area contributed by atoms with Crippen LogP contribution in [-0.2, 0) is 4.79 Å². The first kappa shape index (κ1) is 19.5. The monoisotopic (exact) mass is 354 g/mol. The second-order valence-electron chi connectivity index (χ2n) is 6.16. The molecule has 0 aliphatic heterocycles. The van der Waals surface area contributed by atoms with E-state index in [0.717, 1.165) is 16.8 Å². The van der Waals surface area contributed by atoms with Crippen LogP contribution in [0.1, 0.15) is 35.3 Å². The number of amides is 2. The second kappa shape index (κ2) is 9.04. The third kappa shape index (κ3) is 5.09. The largest absolute Gasteiger partial charge is 0.484 e. The van der Waals surface area contributed by atoms with E-state index in [-0.39, 0.29) is 18.4 Å². The Bertz CT molecular complexity index is 765.